The second kappa shape index (κ2) is 4.27. The number of aryl methyl sites for hydroxylation is 1. The fraction of sp³-hybridized carbons (Fsp3) is 0.417. The molecule has 0 radical (unpaired) electrons. The molecule has 0 atom stereocenters. The van der Waals surface area contributed by atoms with Crippen LogP contribution in [0.1, 0.15) is 36.7 Å². The van der Waals surface area contributed by atoms with Crippen LogP contribution in [0, 0.1) is 6.92 Å². The Kier molecular flexibility index (Phi) is 3.28. The normalized spacial score (nSPS) is 10.4. The van der Waals surface area contributed by atoms with E-state index in [0.29, 0.717) is 11.3 Å². The van der Waals surface area contributed by atoms with E-state index in [4.69, 9.17) is 4.74 Å². The van der Waals surface area contributed by atoms with Crippen molar-refractivity contribution in [3.63, 3.8) is 0 Å². The molecular weight excluding hydrogens is 176 g/mol. The highest BCUT2D eigenvalue weighted by molar-refractivity contribution is 5.98. The monoisotopic (exact) mass is 192 g/mol. The highest BCUT2D eigenvalue weighted by Crippen LogP contribution is 2.23. The molecule has 0 heterocycles. The molecule has 1 aromatic carbocycles. The van der Waals surface area contributed by atoms with Crippen molar-refractivity contribution in [1.82, 2.24) is 0 Å². The van der Waals surface area contributed by atoms with Gasteiger partial charge in [0.05, 0.1) is 11.7 Å². The van der Waals surface area contributed by atoms with Crippen molar-refractivity contribution in [2.45, 2.75) is 33.8 Å². The highest BCUT2D eigenvalue weighted by atomic mass is 16.5. The van der Waals surface area contributed by atoms with E-state index in [9.17, 15) is 4.79 Å². The predicted octanol–water partition coefficient (Wildman–Crippen LogP) is 2.98. The highest BCUT2D eigenvalue weighted by Gasteiger charge is 2.11. The van der Waals surface area contributed by atoms with Crippen LogP contribution in [0.25, 0.3) is 0 Å². The Morgan fingerprint density at radius 3 is 2.50 bits per heavy atom. The van der Waals surface area contributed by atoms with Crippen LogP contribution in [-0.4, -0.2) is 11.9 Å². The van der Waals surface area contributed by atoms with Gasteiger partial charge in [-0.3, -0.25) is 4.79 Å². The van der Waals surface area contributed by atoms with Gasteiger partial charge in [0.25, 0.3) is 0 Å². The Morgan fingerprint density at radius 1 is 1.36 bits per heavy atom. The maximum absolute atomic E-state index is 11.4. The van der Waals surface area contributed by atoms with Gasteiger partial charge in [0.1, 0.15) is 5.75 Å². The minimum atomic E-state index is 0.0544. The van der Waals surface area contributed by atoms with E-state index in [1.807, 2.05) is 39.0 Å². The standard InChI is InChI=1S/C12H16O2/c1-8(2)14-11-7-5-6-9(3)12(11)10(4)13/h5-8H,1-4H3. The number of hydrogen-bond donors (Lipinski definition) is 0. The molecule has 0 spiro atoms. The first-order valence-corrected chi connectivity index (χ1v) is 4.79. The molecule has 76 valence electrons. The van der Waals surface area contributed by atoms with Gasteiger partial charge in [0.15, 0.2) is 5.78 Å². The average molecular weight is 192 g/mol. The maximum atomic E-state index is 11.4. The van der Waals surface area contributed by atoms with Crippen LogP contribution in [0.2, 0.25) is 0 Å². The Morgan fingerprint density at radius 2 is 2.00 bits per heavy atom. The third-order valence-electron chi connectivity index (χ3n) is 1.95. The van der Waals surface area contributed by atoms with Gasteiger partial charge in [-0.15, -0.1) is 0 Å². The molecule has 0 unspecified atom stereocenters. The molecule has 1 rings (SSSR count). The molecule has 0 aliphatic carbocycles. The number of ether oxygens (including phenoxy) is 1. The molecule has 0 aliphatic heterocycles. The van der Waals surface area contributed by atoms with Crippen molar-refractivity contribution < 1.29 is 9.53 Å². The molecule has 0 saturated heterocycles. The fourth-order valence-corrected chi connectivity index (χ4v) is 1.44. The van der Waals surface area contributed by atoms with E-state index >= 15 is 0 Å². The van der Waals surface area contributed by atoms with Crippen LogP contribution in [0.15, 0.2) is 18.2 Å². The van der Waals surface area contributed by atoms with Gasteiger partial charge in [-0.1, -0.05) is 12.1 Å². The lowest BCUT2D eigenvalue weighted by Crippen LogP contribution is -2.09. The maximum Gasteiger partial charge on any atom is 0.163 e. The summed E-state index contributed by atoms with van der Waals surface area (Å²) >= 11 is 0. The Labute approximate surface area is 84.9 Å². The van der Waals surface area contributed by atoms with Gasteiger partial charge in [0.2, 0.25) is 0 Å². The molecule has 2 heteroatoms. The summed E-state index contributed by atoms with van der Waals surface area (Å²) in [5.41, 5.74) is 1.66. The van der Waals surface area contributed by atoms with Crippen LogP contribution < -0.4 is 4.74 Å². The number of ketones is 1. The minimum Gasteiger partial charge on any atom is -0.490 e. The summed E-state index contributed by atoms with van der Waals surface area (Å²) in [6, 6.07) is 5.66. The number of hydrogen-bond acceptors (Lipinski definition) is 2. The number of Topliss-reactive ketones (excluding diaryl/α,β-unsaturated/α-hetero) is 1. The molecule has 0 fully saturated rings. The smallest absolute Gasteiger partial charge is 0.163 e. The largest absolute Gasteiger partial charge is 0.490 e. The van der Waals surface area contributed by atoms with Gasteiger partial charge >= 0.3 is 0 Å². The van der Waals surface area contributed by atoms with E-state index in [-0.39, 0.29) is 11.9 Å². The van der Waals surface area contributed by atoms with E-state index in [1.165, 1.54) is 0 Å². The van der Waals surface area contributed by atoms with E-state index in [2.05, 4.69) is 0 Å². The third kappa shape index (κ3) is 2.34. The molecular formula is C12H16O2. The molecule has 2 nitrogen and oxygen atoms in total. The van der Waals surface area contributed by atoms with Gasteiger partial charge in [-0.25, -0.2) is 0 Å². The zero-order valence-electron chi connectivity index (χ0n) is 9.13. The zero-order valence-corrected chi connectivity index (χ0v) is 9.13. The lowest BCUT2D eigenvalue weighted by atomic mass is 10.0. The zero-order chi connectivity index (χ0) is 10.7. The molecule has 0 aromatic heterocycles. The topological polar surface area (TPSA) is 26.3 Å². The van der Waals surface area contributed by atoms with Crippen molar-refractivity contribution in [1.29, 1.82) is 0 Å². The van der Waals surface area contributed by atoms with Crippen LogP contribution in [0.5, 0.6) is 5.75 Å². The molecule has 0 amide bonds. The van der Waals surface area contributed by atoms with Gasteiger partial charge in [-0.05, 0) is 39.3 Å². The summed E-state index contributed by atoms with van der Waals surface area (Å²) in [4.78, 5) is 11.4. The van der Waals surface area contributed by atoms with E-state index in [0.717, 1.165) is 5.56 Å². The minimum absolute atomic E-state index is 0.0544. The van der Waals surface area contributed by atoms with Gasteiger partial charge in [-0.2, -0.15) is 0 Å². The lowest BCUT2D eigenvalue weighted by molar-refractivity contribution is 0.101. The lowest BCUT2D eigenvalue weighted by Gasteiger charge is -2.14. The van der Waals surface area contributed by atoms with Crippen LogP contribution >= 0.6 is 0 Å². The van der Waals surface area contributed by atoms with Crippen molar-refractivity contribution >= 4 is 5.78 Å². The number of carbonyl (C=O) groups is 1. The molecule has 1 aromatic rings. The van der Waals surface area contributed by atoms with Gasteiger partial charge < -0.3 is 4.74 Å². The van der Waals surface area contributed by atoms with Gasteiger partial charge in [0, 0.05) is 0 Å². The summed E-state index contributed by atoms with van der Waals surface area (Å²) in [7, 11) is 0. The van der Waals surface area contributed by atoms with Crippen molar-refractivity contribution in [2.75, 3.05) is 0 Å². The number of rotatable bonds is 3. The summed E-state index contributed by atoms with van der Waals surface area (Å²) in [5, 5.41) is 0. The summed E-state index contributed by atoms with van der Waals surface area (Å²) < 4.78 is 5.57. The Bertz CT molecular complexity index is 340. The van der Waals surface area contributed by atoms with Crippen molar-refractivity contribution in [3.8, 4) is 5.75 Å². The van der Waals surface area contributed by atoms with Crippen LogP contribution in [-0.2, 0) is 0 Å². The van der Waals surface area contributed by atoms with Crippen molar-refractivity contribution in [2.24, 2.45) is 0 Å². The summed E-state index contributed by atoms with van der Waals surface area (Å²) in [5.74, 6) is 0.742. The quantitative estimate of drug-likeness (QED) is 0.688. The fourth-order valence-electron chi connectivity index (χ4n) is 1.44. The van der Waals surface area contributed by atoms with Crippen molar-refractivity contribution in [3.05, 3.63) is 29.3 Å². The first-order chi connectivity index (χ1) is 6.52. The predicted molar refractivity (Wildman–Crippen MR) is 56.9 cm³/mol. The second-order valence-corrected chi connectivity index (χ2v) is 3.67. The number of benzene rings is 1. The average Bonchev–Trinajstić information content (AvgIpc) is 2.01. The Balaban J connectivity index is 3.14. The van der Waals surface area contributed by atoms with E-state index < -0.39 is 0 Å². The molecule has 0 N–H and O–H groups in total. The third-order valence-corrected chi connectivity index (χ3v) is 1.95. The molecule has 0 saturated carbocycles. The number of carbonyl (C=O) groups excluding carboxylic acids is 1. The summed E-state index contributed by atoms with van der Waals surface area (Å²) in [6.45, 7) is 7.39. The molecule has 0 aliphatic rings. The second-order valence-electron chi connectivity index (χ2n) is 3.67. The van der Waals surface area contributed by atoms with Crippen LogP contribution in [0.3, 0.4) is 0 Å². The van der Waals surface area contributed by atoms with Crippen LogP contribution in [0.4, 0.5) is 0 Å². The molecule has 0 bridgehead atoms. The van der Waals surface area contributed by atoms with E-state index in [1.54, 1.807) is 6.92 Å². The Hall–Kier alpha value is -1.31. The first kappa shape index (κ1) is 10.8. The summed E-state index contributed by atoms with van der Waals surface area (Å²) in [6.07, 6.45) is 0.0925. The SMILES string of the molecule is CC(=O)c1c(C)cccc1OC(C)C. The molecule has 14 heavy (non-hydrogen) atoms. The first-order valence-electron chi connectivity index (χ1n) is 4.79.